The van der Waals surface area contributed by atoms with Gasteiger partial charge in [0.15, 0.2) is 0 Å². The van der Waals surface area contributed by atoms with Crippen molar-refractivity contribution in [2.75, 3.05) is 5.75 Å². The fourth-order valence-electron chi connectivity index (χ4n) is 0.864. The van der Waals surface area contributed by atoms with E-state index in [0.717, 1.165) is 0 Å². The topological polar surface area (TPSA) is 64.8 Å². The van der Waals surface area contributed by atoms with Gasteiger partial charge in [-0.3, -0.25) is 0 Å². The van der Waals surface area contributed by atoms with Crippen molar-refractivity contribution in [1.29, 1.82) is 0 Å². The fraction of sp³-hybridized carbons (Fsp3) is 0.667. The highest BCUT2D eigenvalue weighted by molar-refractivity contribution is 7.89. The summed E-state index contributed by atoms with van der Waals surface area (Å²) >= 11 is 0. The maximum atomic E-state index is 12.0. The van der Waals surface area contributed by atoms with Gasteiger partial charge in [0.25, 0.3) is 15.8 Å². The minimum Gasteiger partial charge on any atom is -0.210 e. The van der Waals surface area contributed by atoms with Gasteiger partial charge < -0.3 is 0 Å². The van der Waals surface area contributed by atoms with Crippen molar-refractivity contribution in [3.8, 4) is 0 Å². The highest BCUT2D eigenvalue weighted by Crippen LogP contribution is 2.25. The van der Waals surface area contributed by atoms with Crippen LogP contribution in [0.25, 0.3) is 0 Å². The van der Waals surface area contributed by atoms with E-state index in [0.29, 0.717) is 12.7 Å². The van der Waals surface area contributed by atoms with Gasteiger partial charge in [0.2, 0.25) is 0 Å². The Morgan fingerprint density at radius 3 is 2.47 bits per heavy atom. The summed E-state index contributed by atoms with van der Waals surface area (Å²) in [5.74, 6) is -1.73. The summed E-state index contributed by atoms with van der Waals surface area (Å²) in [4.78, 5) is 2.88. The van der Waals surface area contributed by atoms with Crippen LogP contribution in [0, 0.1) is 0 Å². The molecule has 1 heterocycles. The molecule has 1 aromatic heterocycles. The van der Waals surface area contributed by atoms with Gasteiger partial charge in [0.1, 0.15) is 6.33 Å². The van der Waals surface area contributed by atoms with E-state index in [1.807, 2.05) is 0 Å². The highest BCUT2D eigenvalue weighted by Gasteiger charge is 2.36. The Morgan fingerprint density at radius 2 is 2.07 bits per heavy atom. The zero-order valence-corrected chi connectivity index (χ0v) is 8.51. The minimum absolute atomic E-state index is 0.249. The first-order valence-electron chi connectivity index (χ1n) is 3.99. The van der Waals surface area contributed by atoms with Crippen LogP contribution in [0.5, 0.6) is 0 Å². The number of alkyl halides is 3. The SMILES string of the molecule is CCCS(=O)(=O)n1cnc(C(F)(F)F)n1. The Hall–Kier alpha value is -1.12. The third kappa shape index (κ3) is 2.67. The molecule has 0 saturated carbocycles. The third-order valence-corrected chi connectivity index (χ3v) is 3.14. The summed E-state index contributed by atoms with van der Waals surface area (Å²) in [5.41, 5.74) is 0. The van der Waals surface area contributed by atoms with E-state index in [1.54, 1.807) is 6.92 Å². The smallest absolute Gasteiger partial charge is 0.210 e. The number of rotatable bonds is 3. The second kappa shape index (κ2) is 3.80. The van der Waals surface area contributed by atoms with Crippen LogP contribution in [0.1, 0.15) is 19.2 Å². The molecule has 5 nitrogen and oxygen atoms in total. The maximum Gasteiger partial charge on any atom is 0.453 e. The summed E-state index contributed by atoms with van der Waals surface area (Å²) < 4.78 is 58.9. The predicted octanol–water partition coefficient (Wildman–Crippen LogP) is 0.885. The molecule has 0 aromatic carbocycles. The van der Waals surface area contributed by atoms with Crippen LogP contribution in [0.3, 0.4) is 0 Å². The van der Waals surface area contributed by atoms with E-state index in [2.05, 4.69) is 10.1 Å². The van der Waals surface area contributed by atoms with Crippen molar-refractivity contribution in [2.45, 2.75) is 19.5 Å². The third-order valence-electron chi connectivity index (χ3n) is 1.47. The second-order valence-electron chi connectivity index (χ2n) is 2.75. The lowest BCUT2D eigenvalue weighted by molar-refractivity contribution is -0.144. The van der Waals surface area contributed by atoms with Crippen LogP contribution in [0.2, 0.25) is 0 Å². The Labute approximate surface area is 84.0 Å². The normalized spacial score (nSPS) is 13.1. The lowest BCUT2D eigenvalue weighted by Crippen LogP contribution is -2.18. The van der Waals surface area contributed by atoms with Crippen molar-refractivity contribution in [2.24, 2.45) is 0 Å². The summed E-state index contributed by atoms with van der Waals surface area (Å²) in [6, 6.07) is 0. The molecule has 0 radical (unpaired) electrons. The summed E-state index contributed by atoms with van der Waals surface area (Å²) in [6.07, 6.45) is -3.88. The molecule has 0 bridgehead atoms. The van der Waals surface area contributed by atoms with E-state index >= 15 is 0 Å². The minimum atomic E-state index is -4.73. The molecule has 0 N–H and O–H groups in total. The first kappa shape index (κ1) is 12.0. The van der Waals surface area contributed by atoms with Crippen LogP contribution in [-0.2, 0) is 16.2 Å². The molecule has 0 aliphatic rings. The van der Waals surface area contributed by atoms with Crippen molar-refractivity contribution in [3.63, 3.8) is 0 Å². The number of nitrogens with zero attached hydrogens (tertiary/aromatic N) is 3. The summed E-state index contributed by atoms with van der Waals surface area (Å²) in [7, 11) is -3.81. The molecule has 0 aliphatic heterocycles. The van der Waals surface area contributed by atoms with Crippen LogP contribution in [-0.4, -0.2) is 28.3 Å². The zero-order chi connectivity index (χ0) is 11.7. The average Bonchev–Trinajstić information content (AvgIpc) is 2.50. The van der Waals surface area contributed by atoms with Crippen molar-refractivity contribution >= 4 is 10.0 Å². The molecule has 15 heavy (non-hydrogen) atoms. The Bertz CT molecular complexity index is 437. The number of hydrogen-bond donors (Lipinski definition) is 0. The van der Waals surface area contributed by atoms with Crippen molar-refractivity contribution in [3.05, 3.63) is 12.2 Å². The summed E-state index contributed by atoms with van der Waals surface area (Å²) in [6.45, 7) is 1.60. The van der Waals surface area contributed by atoms with Gasteiger partial charge in [0, 0.05) is 0 Å². The van der Waals surface area contributed by atoms with Crippen LogP contribution < -0.4 is 0 Å². The van der Waals surface area contributed by atoms with Crippen LogP contribution >= 0.6 is 0 Å². The number of halogens is 3. The van der Waals surface area contributed by atoms with E-state index in [1.165, 1.54) is 0 Å². The molecule has 1 aromatic rings. The molecule has 0 unspecified atom stereocenters. The van der Waals surface area contributed by atoms with Gasteiger partial charge >= 0.3 is 6.18 Å². The van der Waals surface area contributed by atoms with Crippen LogP contribution in [0.4, 0.5) is 13.2 Å². The zero-order valence-electron chi connectivity index (χ0n) is 7.69. The summed E-state index contributed by atoms with van der Waals surface area (Å²) in [5, 5.41) is 2.86. The van der Waals surface area contributed by atoms with E-state index in [-0.39, 0.29) is 9.84 Å². The Balaban J connectivity index is 3.05. The lowest BCUT2D eigenvalue weighted by atomic mass is 10.6. The number of hydrogen-bond acceptors (Lipinski definition) is 4. The molecule has 0 aliphatic carbocycles. The number of aromatic nitrogens is 3. The molecule has 0 fully saturated rings. The lowest BCUT2D eigenvalue weighted by Gasteiger charge is -2.01. The van der Waals surface area contributed by atoms with Gasteiger partial charge in [-0.15, -0.1) is 9.19 Å². The largest absolute Gasteiger partial charge is 0.453 e. The van der Waals surface area contributed by atoms with E-state index < -0.39 is 22.0 Å². The quantitative estimate of drug-likeness (QED) is 0.790. The first-order valence-corrected chi connectivity index (χ1v) is 5.60. The van der Waals surface area contributed by atoms with Gasteiger partial charge in [-0.2, -0.15) is 13.2 Å². The monoisotopic (exact) mass is 243 g/mol. The van der Waals surface area contributed by atoms with Gasteiger partial charge in [-0.05, 0) is 6.42 Å². The maximum absolute atomic E-state index is 12.0. The van der Waals surface area contributed by atoms with Gasteiger partial charge in [-0.1, -0.05) is 6.92 Å². The fourth-order valence-corrected chi connectivity index (χ4v) is 1.96. The molecule has 1 rings (SSSR count). The van der Waals surface area contributed by atoms with Crippen molar-refractivity contribution in [1.82, 2.24) is 14.2 Å². The molecule has 86 valence electrons. The highest BCUT2D eigenvalue weighted by atomic mass is 32.2. The molecule has 0 saturated heterocycles. The molecular weight excluding hydrogens is 235 g/mol. The molecule has 0 amide bonds. The molecular formula is C6H8F3N3O2S. The van der Waals surface area contributed by atoms with E-state index in [9.17, 15) is 21.6 Å². The van der Waals surface area contributed by atoms with E-state index in [4.69, 9.17) is 0 Å². The Morgan fingerprint density at radius 1 is 1.47 bits per heavy atom. The van der Waals surface area contributed by atoms with Crippen molar-refractivity contribution < 1.29 is 21.6 Å². The standard InChI is InChI=1S/C6H8F3N3O2S/c1-2-3-15(13,14)12-4-10-5(11-12)6(7,8)9/h4H,2-3H2,1H3. The molecule has 0 atom stereocenters. The Kier molecular flexibility index (Phi) is 3.03. The van der Waals surface area contributed by atoms with Gasteiger partial charge in [-0.25, -0.2) is 13.4 Å². The first-order chi connectivity index (χ1) is 6.77. The molecule has 9 heteroatoms. The second-order valence-corrected chi connectivity index (χ2v) is 4.70. The average molecular weight is 243 g/mol. The van der Waals surface area contributed by atoms with Gasteiger partial charge in [0.05, 0.1) is 5.75 Å². The molecule has 0 spiro atoms. The predicted molar refractivity (Wildman–Crippen MR) is 44.5 cm³/mol. The van der Waals surface area contributed by atoms with Crippen LogP contribution in [0.15, 0.2) is 6.33 Å².